The Kier molecular flexibility index (Phi) is 5.11. The second-order valence-corrected chi connectivity index (χ2v) is 5.09. The van der Waals surface area contributed by atoms with Crippen molar-refractivity contribution in [2.45, 2.75) is 19.3 Å². The molecule has 0 atom stereocenters. The summed E-state index contributed by atoms with van der Waals surface area (Å²) in [6, 6.07) is 7.82. The molecule has 0 bridgehead atoms. The monoisotopic (exact) mass is 339 g/mol. The Morgan fingerprint density at radius 3 is 2.85 bits per heavy atom. The standard InChI is InChI=1S/C13H14BrN3O3/c14-10-4-2-1-3-9(10)5-6-12(18)15-8-7-11-16-13(19)20-17-11/h1-4H,5-8H2,(H,15,18)(H,16,17,19). The van der Waals surface area contributed by atoms with Crippen molar-refractivity contribution in [1.29, 1.82) is 0 Å². The lowest BCUT2D eigenvalue weighted by molar-refractivity contribution is -0.121. The van der Waals surface area contributed by atoms with Gasteiger partial charge in [-0.25, -0.2) is 4.79 Å². The van der Waals surface area contributed by atoms with E-state index in [9.17, 15) is 9.59 Å². The van der Waals surface area contributed by atoms with E-state index in [1.54, 1.807) is 0 Å². The van der Waals surface area contributed by atoms with E-state index in [0.29, 0.717) is 31.6 Å². The molecule has 106 valence electrons. The summed E-state index contributed by atoms with van der Waals surface area (Å²) in [5, 5.41) is 6.29. The van der Waals surface area contributed by atoms with E-state index in [-0.39, 0.29) is 5.91 Å². The number of rotatable bonds is 6. The third-order valence-electron chi connectivity index (χ3n) is 2.75. The second-order valence-electron chi connectivity index (χ2n) is 4.23. The number of hydrogen-bond acceptors (Lipinski definition) is 4. The van der Waals surface area contributed by atoms with Gasteiger partial charge in [0.1, 0.15) is 0 Å². The molecular formula is C13H14BrN3O3. The number of amides is 1. The van der Waals surface area contributed by atoms with Gasteiger partial charge >= 0.3 is 5.76 Å². The number of hydrogen-bond donors (Lipinski definition) is 2. The van der Waals surface area contributed by atoms with Crippen LogP contribution >= 0.6 is 15.9 Å². The zero-order chi connectivity index (χ0) is 14.4. The summed E-state index contributed by atoms with van der Waals surface area (Å²) in [7, 11) is 0. The molecule has 2 rings (SSSR count). The molecule has 1 aromatic carbocycles. The maximum Gasteiger partial charge on any atom is 0.438 e. The summed E-state index contributed by atoms with van der Waals surface area (Å²) in [4.78, 5) is 24.8. The van der Waals surface area contributed by atoms with Crippen molar-refractivity contribution < 1.29 is 9.32 Å². The first-order chi connectivity index (χ1) is 9.65. The molecular weight excluding hydrogens is 326 g/mol. The number of halogens is 1. The highest BCUT2D eigenvalue weighted by molar-refractivity contribution is 9.10. The van der Waals surface area contributed by atoms with Crippen LogP contribution in [0.3, 0.4) is 0 Å². The lowest BCUT2D eigenvalue weighted by atomic mass is 10.1. The fourth-order valence-corrected chi connectivity index (χ4v) is 2.21. The third kappa shape index (κ3) is 4.34. The Hall–Kier alpha value is -1.89. The molecule has 0 spiro atoms. The van der Waals surface area contributed by atoms with E-state index in [1.165, 1.54) is 0 Å². The van der Waals surface area contributed by atoms with Crippen molar-refractivity contribution in [2.75, 3.05) is 6.54 Å². The second kappa shape index (κ2) is 7.04. The molecule has 0 unspecified atom stereocenters. The van der Waals surface area contributed by atoms with E-state index in [1.807, 2.05) is 24.3 Å². The smallest absolute Gasteiger partial charge is 0.356 e. The van der Waals surface area contributed by atoms with Crippen LogP contribution in [0.15, 0.2) is 38.1 Å². The molecule has 1 amide bonds. The highest BCUT2D eigenvalue weighted by Gasteiger charge is 2.05. The first kappa shape index (κ1) is 14.5. The molecule has 0 radical (unpaired) electrons. The van der Waals surface area contributed by atoms with E-state index < -0.39 is 5.76 Å². The van der Waals surface area contributed by atoms with Crippen LogP contribution in [0.5, 0.6) is 0 Å². The van der Waals surface area contributed by atoms with Gasteiger partial charge in [0, 0.05) is 23.9 Å². The van der Waals surface area contributed by atoms with Gasteiger partial charge in [0.15, 0.2) is 5.82 Å². The molecule has 2 N–H and O–H groups in total. The normalized spacial score (nSPS) is 10.4. The highest BCUT2D eigenvalue weighted by Crippen LogP contribution is 2.17. The van der Waals surface area contributed by atoms with Crippen molar-refractivity contribution in [1.82, 2.24) is 15.5 Å². The summed E-state index contributed by atoms with van der Waals surface area (Å²) < 4.78 is 5.37. The van der Waals surface area contributed by atoms with Crippen molar-refractivity contribution in [2.24, 2.45) is 0 Å². The summed E-state index contributed by atoms with van der Waals surface area (Å²) in [5.74, 6) is -0.187. The van der Waals surface area contributed by atoms with Gasteiger partial charge in [0.2, 0.25) is 5.91 Å². The fraction of sp³-hybridized carbons (Fsp3) is 0.308. The van der Waals surface area contributed by atoms with Gasteiger partial charge in [-0.2, -0.15) is 0 Å². The molecule has 1 heterocycles. The van der Waals surface area contributed by atoms with E-state index in [0.717, 1.165) is 10.0 Å². The van der Waals surface area contributed by atoms with E-state index >= 15 is 0 Å². The number of carbonyl (C=O) groups is 1. The Morgan fingerprint density at radius 2 is 2.15 bits per heavy atom. The molecule has 0 aliphatic rings. The minimum atomic E-state index is -0.583. The zero-order valence-electron chi connectivity index (χ0n) is 10.7. The quantitative estimate of drug-likeness (QED) is 0.832. The van der Waals surface area contributed by atoms with Crippen LogP contribution in [0.1, 0.15) is 17.8 Å². The van der Waals surface area contributed by atoms with Crippen LogP contribution in [0, 0.1) is 0 Å². The number of aromatic amines is 1. The number of H-pyrrole nitrogens is 1. The molecule has 7 heteroatoms. The Labute approximate surface area is 123 Å². The number of nitrogens with one attached hydrogen (secondary N) is 2. The molecule has 0 saturated heterocycles. The first-order valence-corrected chi connectivity index (χ1v) is 6.99. The van der Waals surface area contributed by atoms with Crippen molar-refractivity contribution >= 4 is 21.8 Å². The van der Waals surface area contributed by atoms with Crippen molar-refractivity contribution in [3.8, 4) is 0 Å². The van der Waals surface area contributed by atoms with Crippen LogP contribution in [0.2, 0.25) is 0 Å². The number of aromatic nitrogens is 2. The van der Waals surface area contributed by atoms with Crippen molar-refractivity contribution in [3.05, 3.63) is 50.7 Å². The van der Waals surface area contributed by atoms with Gasteiger partial charge in [-0.15, -0.1) is 0 Å². The van der Waals surface area contributed by atoms with Gasteiger partial charge in [0.25, 0.3) is 0 Å². The lowest BCUT2D eigenvalue weighted by Gasteiger charge is -2.05. The molecule has 2 aromatic rings. The van der Waals surface area contributed by atoms with Crippen LogP contribution in [-0.2, 0) is 17.6 Å². The maximum atomic E-state index is 11.7. The number of aryl methyl sites for hydroxylation is 1. The predicted octanol–water partition coefficient (Wildman–Crippen LogP) is 1.42. The van der Waals surface area contributed by atoms with Crippen LogP contribution in [0.4, 0.5) is 0 Å². The average molecular weight is 340 g/mol. The van der Waals surface area contributed by atoms with Gasteiger partial charge in [-0.05, 0) is 18.1 Å². The summed E-state index contributed by atoms with van der Waals surface area (Å²) >= 11 is 3.45. The van der Waals surface area contributed by atoms with Gasteiger partial charge in [0.05, 0.1) is 0 Å². The van der Waals surface area contributed by atoms with Gasteiger partial charge in [-0.1, -0.05) is 39.3 Å². The van der Waals surface area contributed by atoms with E-state index in [2.05, 4.69) is 35.9 Å². The fourth-order valence-electron chi connectivity index (χ4n) is 1.73. The SMILES string of the molecule is O=C(CCc1ccccc1Br)NCCc1noc(=O)[nH]1. The average Bonchev–Trinajstić information content (AvgIpc) is 2.83. The minimum absolute atomic E-state index is 0.0356. The third-order valence-corrected chi connectivity index (χ3v) is 3.52. The first-order valence-electron chi connectivity index (χ1n) is 6.20. The number of carbonyl (C=O) groups excluding carboxylic acids is 1. The van der Waals surface area contributed by atoms with Crippen molar-refractivity contribution in [3.63, 3.8) is 0 Å². The molecule has 1 aromatic heterocycles. The molecule has 0 aliphatic heterocycles. The summed E-state index contributed by atoms with van der Waals surface area (Å²) in [5.41, 5.74) is 1.10. The molecule has 0 fully saturated rings. The summed E-state index contributed by atoms with van der Waals surface area (Å²) in [6.07, 6.45) is 1.53. The highest BCUT2D eigenvalue weighted by atomic mass is 79.9. The zero-order valence-corrected chi connectivity index (χ0v) is 12.3. The molecule has 0 saturated carbocycles. The Morgan fingerprint density at radius 1 is 1.35 bits per heavy atom. The van der Waals surface area contributed by atoms with Gasteiger partial charge < -0.3 is 5.32 Å². The summed E-state index contributed by atoms with van der Waals surface area (Å²) in [6.45, 7) is 0.414. The minimum Gasteiger partial charge on any atom is -0.356 e. The maximum absolute atomic E-state index is 11.7. The van der Waals surface area contributed by atoms with Gasteiger partial charge in [-0.3, -0.25) is 14.3 Å². The molecule has 0 aliphatic carbocycles. The van der Waals surface area contributed by atoms with Crippen LogP contribution in [0.25, 0.3) is 0 Å². The van der Waals surface area contributed by atoms with Crippen LogP contribution < -0.4 is 11.1 Å². The number of benzene rings is 1. The Balaban J connectivity index is 1.71. The molecule has 6 nitrogen and oxygen atoms in total. The topological polar surface area (TPSA) is 88.0 Å². The largest absolute Gasteiger partial charge is 0.438 e. The Bertz CT molecular complexity index is 636. The molecule has 20 heavy (non-hydrogen) atoms. The lowest BCUT2D eigenvalue weighted by Crippen LogP contribution is -2.26. The van der Waals surface area contributed by atoms with E-state index in [4.69, 9.17) is 0 Å². The predicted molar refractivity (Wildman–Crippen MR) is 76.3 cm³/mol. The number of nitrogens with zero attached hydrogens (tertiary/aromatic N) is 1. The van der Waals surface area contributed by atoms with Crippen LogP contribution in [-0.4, -0.2) is 22.6 Å².